The molecule has 1 rings (SSSR count). The molecule has 0 saturated carbocycles. The highest BCUT2D eigenvalue weighted by atomic mass is 35.5. The van der Waals surface area contributed by atoms with Gasteiger partial charge in [0.1, 0.15) is 5.75 Å². The first-order valence-corrected chi connectivity index (χ1v) is 4.21. The molecule has 1 aromatic carbocycles. The van der Waals surface area contributed by atoms with Crippen LogP contribution in [0.1, 0.15) is 0 Å². The third-order valence-corrected chi connectivity index (χ3v) is 1.70. The maximum absolute atomic E-state index is 11.8. The third-order valence-electron chi connectivity index (χ3n) is 1.41. The van der Waals surface area contributed by atoms with Crippen LogP contribution in [-0.4, -0.2) is 17.6 Å². The molecule has 0 fully saturated rings. The molecule has 0 aliphatic rings. The number of halogens is 5. The Kier molecular flexibility index (Phi) is 5.02. The van der Waals surface area contributed by atoms with E-state index in [9.17, 15) is 18.0 Å². The molecule has 0 saturated heterocycles. The number of benzene rings is 1. The van der Waals surface area contributed by atoms with Gasteiger partial charge in [-0.3, -0.25) is 10.0 Å². The Morgan fingerprint density at radius 1 is 1.41 bits per heavy atom. The zero-order valence-electron chi connectivity index (χ0n) is 7.92. The molecular formula is C8H6ClF4NO3. The van der Waals surface area contributed by atoms with Crippen molar-refractivity contribution in [3.05, 3.63) is 23.2 Å². The summed E-state index contributed by atoms with van der Waals surface area (Å²) >= 11 is 5.46. The van der Waals surface area contributed by atoms with Crippen molar-refractivity contribution in [3.63, 3.8) is 0 Å². The first kappa shape index (κ1) is 15.3. The topological polar surface area (TPSA) is 58.6 Å². The lowest BCUT2D eigenvalue weighted by atomic mass is 10.3. The standard InChI is InChI=1S/C8H5ClF3NO3.FH/c9-5-3-4(13-7(14)15)1-2-6(5)16-8(10,11)12;/h1-3,13H,(H,14,15);1H. The highest BCUT2D eigenvalue weighted by Crippen LogP contribution is 2.31. The first-order valence-electron chi connectivity index (χ1n) is 3.83. The molecule has 0 radical (unpaired) electrons. The lowest BCUT2D eigenvalue weighted by Crippen LogP contribution is -2.17. The fourth-order valence-electron chi connectivity index (χ4n) is 0.910. The number of ether oxygens (including phenoxy) is 1. The van der Waals surface area contributed by atoms with Crippen molar-refractivity contribution in [3.8, 4) is 5.75 Å². The molecule has 2 N–H and O–H groups in total. The quantitative estimate of drug-likeness (QED) is 0.812. The molecular weight excluding hydrogens is 270 g/mol. The summed E-state index contributed by atoms with van der Waals surface area (Å²) in [7, 11) is 0. The summed E-state index contributed by atoms with van der Waals surface area (Å²) < 4.78 is 39.1. The lowest BCUT2D eigenvalue weighted by Gasteiger charge is -2.11. The second-order valence-corrected chi connectivity index (χ2v) is 3.03. The van der Waals surface area contributed by atoms with Gasteiger partial charge in [-0.15, -0.1) is 13.2 Å². The number of carboxylic acid groups (broad SMARTS) is 1. The third kappa shape index (κ3) is 5.25. The van der Waals surface area contributed by atoms with E-state index in [1.54, 1.807) is 0 Å². The largest absolute Gasteiger partial charge is 0.573 e. The Balaban J connectivity index is 0.00000256. The van der Waals surface area contributed by atoms with Gasteiger partial charge < -0.3 is 9.84 Å². The maximum atomic E-state index is 11.8. The predicted molar refractivity (Wildman–Crippen MR) is 52.3 cm³/mol. The van der Waals surface area contributed by atoms with Crippen LogP contribution >= 0.6 is 11.6 Å². The number of amides is 1. The number of alkyl halides is 3. The molecule has 1 aromatic rings. The smallest absolute Gasteiger partial charge is 0.465 e. The van der Waals surface area contributed by atoms with Crippen LogP contribution < -0.4 is 10.1 Å². The van der Waals surface area contributed by atoms with E-state index >= 15 is 0 Å². The highest BCUT2D eigenvalue weighted by Gasteiger charge is 2.32. The summed E-state index contributed by atoms with van der Waals surface area (Å²) in [6.45, 7) is 0. The average molecular weight is 276 g/mol. The highest BCUT2D eigenvalue weighted by molar-refractivity contribution is 6.32. The van der Waals surface area contributed by atoms with Crippen LogP contribution in [0.25, 0.3) is 0 Å². The zero-order valence-corrected chi connectivity index (χ0v) is 8.67. The van der Waals surface area contributed by atoms with Gasteiger partial charge in [0.2, 0.25) is 0 Å². The molecule has 0 aliphatic heterocycles. The molecule has 96 valence electrons. The summed E-state index contributed by atoms with van der Waals surface area (Å²) in [5.74, 6) is -0.592. The van der Waals surface area contributed by atoms with Crippen LogP contribution in [0.15, 0.2) is 18.2 Å². The van der Waals surface area contributed by atoms with E-state index < -0.39 is 18.2 Å². The number of hydrogen-bond donors (Lipinski definition) is 2. The summed E-state index contributed by atoms with van der Waals surface area (Å²) in [4.78, 5) is 10.2. The second kappa shape index (κ2) is 5.58. The molecule has 0 bridgehead atoms. The molecule has 9 heteroatoms. The van der Waals surface area contributed by atoms with Gasteiger partial charge in [0.25, 0.3) is 0 Å². The number of hydrogen-bond acceptors (Lipinski definition) is 2. The number of carbonyl (C=O) groups is 1. The fraction of sp³-hybridized carbons (Fsp3) is 0.125. The average Bonchev–Trinajstić information content (AvgIpc) is 2.06. The Hall–Kier alpha value is -1.70. The number of nitrogens with one attached hydrogen (secondary N) is 1. The van der Waals surface area contributed by atoms with Gasteiger partial charge in [0.15, 0.2) is 0 Å². The Bertz CT molecular complexity index is 410. The van der Waals surface area contributed by atoms with Gasteiger partial charge in [-0.05, 0) is 18.2 Å². The van der Waals surface area contributed by atoms with Gasteiger partial charge in [-0.2, -0.15) is 0 Å². The Labute approximate surface area is 97.3 Å². The van der Waals surface area contributed by atoms with E-state index in [1.807, 2.05) is 5.32 Å². The van der Waals surface area contributed by atoms with Gasteiger partial charge in [-0.1, -0.05) is 11.6 Å². The summed E-state index contributed by atoms with van der Waals surface area (Å²) in [6, 6.07) is 3.03. The molecule has 0 aromatic heterocycles. The fourth-order valence-corrected chi connectivity index (χ4v) is 1.13. The minimum atomic E-state index is -4.84. The minimum Gasteiger partial charge on any atom is -0.465 e. The van der Waals surface area contributed by atoms with Gasteiger partial charge >= 0.3 is 12.5 Å². The normalized spacial score (nSPS) is 10.4. The van der Waals surface area contributed by atoms with Crippen LogP contribution in [0.3, 0.4) is 0 Å². The van der Waals surface area contributed by atoms with Crippen molar-refractivity contribution < 1.29 is 32.5 Å². The van der Waals surface area contributed by atoms with E-state index in [4.69, 9.17) is 16.7 Å². The van der Waals surface area contributed by atoms with Crippen molar-refractivity contribution in [1.82, 2.24) is 0 Å². The van der Waals surface area contributed by atoms with Crippen LogP contribution in [0.5, 0.6) is 5.75 Å². The van der Waals surface area contributed by atoms with E-state index in [-0.39, 0.29) is 15.4 Å². The molecule has 17 heavy (non-hydrogen) atoms. The number of anilines is 1. The summed E-state index contributed by atoms with van der Waals surface area (Å²) in [6.07, 6.45) is -6.19. The molecule has 0 heterocycles. The molecule has 0 aliphatic carbocycles. The van der Waals surface area contributed by atoms with Crippen molar-refractivity contribution in [2.45, 2.75) is 6.36 Å². The first-order chi connectivity index (χ1) is 7.28. The number of rotatable bonds is 2. The van der Waals surface area contributed by atoms with Crippen LogP contribution in [0, 0.1) is 0 Å². The molecule has 0 atom stereocenters. The van der Waals surface area contributed by atoms with Crippen molar-refractivity contribution >= 4 is 23.4 Å². The predicted octanol–water partition coefficient (Wildman–Crippen LogP) is 3.48. The van der Waals surface area contributed by atoms with Crippen LogP contribution in [0.4, 0.5) is 28.4 Å². The zero-order chi connectivity index (χ0) is 12.3. The van der Waals surface area contributed by atoms with Crippen molar-refractivity contribution in [2.24, 2.45) is 0 Å². The molecule has 1 amide bonds. The maximum Gasteiger partial charge on any atom is 0.573 e. The molecule has 4 nitrogen and oxygen atoms in total. The Morgan fingerprint density at radius 2 is 2.00 bits per heavy atom. The summed E-state index contributed by atoms with van der Waals surface area (Å²) in [5.41, 5.74) is 0.0482. The van der Waals surface area contributed by atoms with Gasteiger partial charge in [0, 0.05) is 5.69 Å². The molecule has 0 spiro atoms. The van der Waals surface area contributed by atoms with Crippen LogP contribution in [0.2, 0.25) is 5.02 Å². The van der Waals surface area contributed by atoms with E-state index in [2.05, 4.69) is 4.74 Å². The monoisotopic (exact) mass is 275 g/mol. The SMILES string of the molecule is F.O=C(O)Nc1ccc(OC(F)(F)F)c(Cl)c1. The lowest BCUT2D eigenvalue weighted by molar-refractivity contribution is -0.274. The van der Waals surface area contributed by atoms with Crippen molar-refractivity contribution in [1.29, 1.82) is 0 Å². The van der Waals surface area contributed by atoms with E-state index in [0.29, 0.717) is 0 Å². The minimum absolute atomic E-state index is 0. The van der Waals surface area contributed by atoms with Crippen LogP contribution in [-0.2, 0) is 0 Å². The summed E-state index contributed by atoms with van der Waals surface area (Å²) in [5, 5.41) is 9.94. The van der Waals surface area contributed by atoms with Crippen molar-refractivity contribution in [2.75, 3.05) is 5.32 Å². The van der Waals surface area contributed by atoms with E-state index in [0.717, 1.165) is 18.2 Å². The van der Waals surface area contributed by atoms with E-state index in [1.165, 1.54) is 0 Å². The van der Waals surface area contributed by atoms with Gasteiger partial charge in [0.05, 0.1) is 5.02 Å². The second-order valence-electron chi connectivity index (χ2n) is 2.62. The van der Waals surface area contributed by atoms with Gasteiger partial charge in [-0.25, -0.2) is 4.79 Å². The molecule has 0 unspecified atom stereocenters. The Morgan fingerprint density at radius 3 is 2.41 bits per heavy atom.